The van der Waals surface area contributed by atoms with Crippen LogP contribution in [0.5, 0.6) is 0 Å². The number of benzene rings is 1. The number of carbonyl (C=O) groups excluding carboxylic acids is 1. The lowest BCUT2D eigenvalue weighted by Crippen LogP contribution is -2.28. The fourth-order valence-electron chi connectivity index (χ4n) is 4.03. The van der Waals surface area contributed by atoms with Crippen LogP contribution in [-0.2, 0) is 11.2 Å². The summed E-state index contributed by atoms with van der Waals surface area (Å²) < 4.78 is 1.83. The van der Waals surface area contributed by atoms with E-state index in [-0.39, 0.29) is 11.8 Å². The van der Waals surface area contributed by atoms with Crippen LogP contribution in [0.15, 0.2) is 73.2 Å². The number of aromatic nitrogens is 4. The third-order valence-electron chi connectivity index (χ3n) is 5.72. The molecule has 6 nitrogen and oxygen atoms in total. The molecule has 0 bridgehead atoms. The maximum absolute atomic E-state index is 12.6. The minimum Gasteiger partial charge on any atom is -0.342 e. The molecule has 1 aliphatic heterocycles. The molecule has 3 aromatic heterocycles. The normalized spacial score (nSPS) is 16.3. The van der Waals surface area contributed by atoms with E-state index < -0.39 is 0 Å². The Labute approximate surface area is 175 Å². The molecular formula is C24H23N5O. The fourth-order valence-corrected chi connectivity index (χ4v) is 4.03. The van der Waals surface area contributed by atoms with Gasteiger partial charge in [-0.2, -0.15) is 5.10 Å². The first-order valence-corrected chi connectivity index (χ1v) is 10.3. The molecule has 0 N–H and O–H groups in total. The standard InChI is InChI=1S/C24H23N5O/c30-23(11-8-18-5-2-1-3-6-18)28-14-12-21(16-28)24-26-22-10-9-20(17-29(22)27-24)19-7-4-13-25-15-19/h1-7,9-10,13,15,17,21H,8,11-12,14,16H2/t21-/m0/s1. The van der Waals surface area contributed by atoms with Crippen LogP contribution in [0.4, 0.5) is 0 Å². The van der Waals surface area contributed by atoms with Crippen molar-refractivity contribution >= 4 is 11.6 Å². The fraction of sp³-hybridized carbons (Fsp3) is 0.250. The Kier molecular flexibility index (Phi) is 4.97. The number of hydrogen-bond donors (Lipinski definition) is 0. The maximum atomic E-state index is 12.6. The first-order chi connectivity index (χ1) is 14.8. The van der Waals surface area contributed by atoms with E-state index in [1.165, 1.54) is 5.56 Å². The van der Waals surface area contributed by atoms with Gasteiger partial charge < -0.3 is 4.90 Å². The van der Waals surface area contributed by atoms with E-state index in [0.717, 1.165) is 42.0 Å². The molecule has 5 rings (SSSR count). The predicted octanol–water partition coefficient (Wildman–Crippen LogP) is 3.74. The molecule has 1 saturated heterocycles. The quantitative estimate of drug-likeness (QED) is 0.515. The summed E-state index contributed by atoms with van der Waals surface area (Å²) >= 11 is 0. The number of hydrogen-bond acceptors (Lipinski definition) is 4. The summed E-state index contributed by atoms with van der Waals surface area (Å²) in [5.74, 6) is 1.22. The highest BCUT2D eigenvalue weighted by molar-refractivity contribution is 5.76. The molecule has 4 heterocycles. The molecule has 6 heteroatoms. The van der Waals surface area contributed by atoms with Gasteiger partial charge in [0.15, 0.2) is 11.5 Å². The first-order valence-electron chi connectivity index (χ1n) is 10.3. The van der Waals surface area contributed by atoms with Crippen LogP contribution >= 0.6 is 0 Å². The van der Waals surface area contributed by atoms with E-state index in [1.807, 2.05) is 64.3 Å². The number of likely N-dealkylation sites (tertiary alicyclic amines) is 1. The molecule has 0 radical (unpaired) electrons. The van der Waals surface area contributed by atoms with Crippen molar-refractivity contribution in [2.45, 2.75) is 25.2 Å². The zero-order valence-electron chi connectivity index (χ0n) is 16.7. The van der Waals surface area contributed by atoms with E-state index in [9.17, 15) is 4.79 Å². The second-order valence-corrected chi connectivity index (χ2v) is 7.74. The van der Waals surface area contributed by atoms with Gasteiger partial charge in [0, 0.05) is 55.1 Å². The molecule has 0 saturated carbocycles. The Morgan fingerprint density at radius 2 is 1.93 bits per heavy atom. The van der Waals surface area contributed by atoms with Gasteiger partial charge in [0.05, 0.1) is 0 Å². The number of amides is 1. The highest BCUT2D eigenvalue weighted by Crippen LogP contribution is 2.27. The monoisotopic (exact) mass is 397 g/mol. The first kappa shape index (κ1) is 18.5. The van der Waals surface area contributed by atoms with E-state index in [1.54, 1.807) is 6.20 Å². The summed E-state index contributed by atoms with van der Waals surface area (Å²) in [5, 5.41) is 4.72. The van der Waals surface area contributed by atoms with E-state index in [0.29, 0.717) is 13.0 Å². The van der Waals surface area contributed by atoms with Crippen LogP contribution in [0.2, 0.25) is 0 Å². The molecule has 1 aliphatic rings. The van der Waals surface area contributed by atoms with Gasteiger partial charge in [-0.1, -0.05) is 36.4 Å². The van der Waals surface area contributed by atoms with Gasteiger partial charge in [-0.25, -0.2) is 9.50 Å². The second-order valence-electron chi connectivity index (χ2n) is 7.74. The van der Waals surface area contributed by atoms with Gasteiger partial charge in [0.25, 0.3) is 0 Å². The zero-order valence-corrected chi connectivity index (χ0v) is 16.7. The number of rotatable bonds is 5. The zero-order chi connectivity index (χ0) is 20.3. The van der Waals surface area contributed by atoms with Crippen molar-refractivity contribution in [2.24, 2.45) is 0 Å². The van der Waals surface area contributed by atoms with Gasteiger partial charge in [0.2, 0.25) is 5.91 Å². The van der Waals surface area contributed by atoms with Crippen LogP contribution in [0.1, 0.15) is 30.1 Å². The molecule has 4 aromatic rings. The molecule has 1 atom stereocenters. The average molecular weight is 397 g/mol. The minimum absolute atomic E-state index is 0.187. The van der Waals surface area contributed by atoms with Gasteiger partial charge in [-0.05, 0) is 36.6 Å². The molecule has 0 aliphatic carbocycles. The van der Waals surface area contributed by atoms with E-state index >= 15 is 0 Å². The molecule has 30 heavy (non-hydrogen) atoms. The Morgan fingerprint density at radius 1 is 1.03 bits per heavy atom. The second kappa shape index (κ2) is 8.06. The highest BCUT2D eigenvalue weighted by atomic mass is 16.2. The number of aryl methyl sites for hydroxylation is 1. The van der Waals surface area contributed by atoms with Crippen molar-refractivity contribution in [3.63, 3.8) is 0 Å². The van der Waals surface area contributed by atoms with Gasteiger partial charge >= 0.3 is 0 Å². The summed E-state index contributed by atoms with van der Waals surface area (Å²) in [6.45, 7) is 1.47. The maximum Gasteiger partial charge on any atom is 0.222 e. The molecule has 1 aromatic carbocycles. The topological polar surface area (TPSA) is 63.4 Å². The summed E-state index contributed by atoms with van der Waals surface area (Å²) in [6, 6.07) is 18.1. The molecule has 0 spiro atoms. The van der Waals surface area contributed by atoms with Crippen molar-refractivity contribution in [3.8, 4) is 11.1 Å². The number of carbonyl (C=O) groups is 1. The number of nitrogens with zero attached hydrogens (tertiary/aromatic N) is 5. The largest absolute Gasteiger partial charge is 0.342 e. The summed E-state index contributed by atoms with van der Waals surface area (Å²) in [7, 11) is 0. The third kappa shape index (κ3) is 3.81. The summed E-state index contributed by atoms with van der Waals surface area (Å²) in [5.41, 5.74) is 4.13. The Bertz CT molecular complexity index is 1160. The van der Waals surface area contributed by atoms with Crippen LogP contribution in [0.25, 0.3) is 16.8 Å². The molecular weight excluding hydrogens is 374 g/mol. The minimum atomic E-state index is 0.187. The van der Waals surface area contributed by atoms with Crippen LogP contribution in [0, 0.1) is 0 Å². The lowest BCUT2D eigenvalue weighted by molar-refractivity contribution is -0.130. The average Bonchev–Trinajstić information content (AvgIpc) is 3.45. The lowest BCUT2D eigenvalue weighted by atomic mass is 10.1. The Balaban J connectivity index is 1.26. The number of pyridine rings is 2. The van der Waals surface area contributed by atoms with Gasteiger partial charge in [-0.15, -0.1) is 0 Å². The van der Waals surface area contributed by atoms with Crippen molar-refractivity contribution in [2.75, 3.05) is 13.1 Å². The van der Waals surface area contributed by atoms with Gasteiger partial charge in [0.1, 0.15) is 0 Å². The molecule has 0 unspecified atom stereocenters. The number of fused-ring (bicyclic) bond motifs is 1. The summed E-state index contributed by atoms with van der Waals surface area (Å²) in [4.78, 5) is 23.5. The van der Waals surface area contributed by atoms with Gasteiger partial charge in [-0.3, -0.25) is 9.78 Å². The highest BCUT2D eigenvalue weighted by Gasteiger charge is 2.29. The van der Waals surface area contributed by atoms with Crippen molar-refractivity contribution in [1.82, 2.24) is 24.5 Å². The van der Waals surface area contributed by atoms with Crippen LogP contribution in [-0.4, -0.2) is 43.5 Å². The van der Waals surface area contributed by atoms with Crippen LogP contribution in [0.3, 0.4) is 0 Å². The smallest absolute Gasteiger partial charge is 0.222 e. The molecule has 1 fully saturated rings. The molecule has 1 amide bonds. The van der Waals surface area contributed by atoms with Crippen molar-refractivity contribution in [1.29, 1.82) is 0 Å². The lowest BCUT2D eigenvalue weighted by Gasteiger charge is -2.15. The van der Waals surface area contributed by atoms with Crippen molar-refractivity contribution < 1.29 is 4.79 Å². The predicted molar refractivity (Wildman–Crippen MR) is 115 cm³/mol. The Morgan fingerprint density at radius 3 is 2.77 bits per heavy atom. The van der Waals surface area contributed by atoms with E-state index in [2.05, 4.69) is 17.1 Å². The SMILES string of the molecule is O=C(CCc1ccccc1)N1CC[C@H](c2nc3ccc(-c4cccnc4)cn3n2)C1. The Hall–Kier alpha value is -3.54. The molecule has 150 valence electrons. The third-order valence-corrected chi connectivity index (χ3v) is 5.72. The van der Waals surface area contributed by atoms with Crippen molar-refractivity contribution in [3.05, 3.63) is 84.6 Å². The van der Waals surface area contributed by atoms with Crippen LogP contribution < -0.4 is 0 Å². The van der Waals surface area contributed by atoms with E-state index in [4.69, 9.17) is 10.1 Å². The summed E-state index contributed by atoms with van der Waals surface area (Å²) in [6.07, 6.45) is 7.83.